The van der Waals surface area contributed by atoms with Crippen molar-refractivity contribution in [1.29, 1.82) is 0 Å². The van der Waals surface area contributed by atoms with Gasteiger partial charge in [-0.2, -0.15) is 0 Å². The summed E-state index contributed by atoms with van der Waals surface area (Å²) in [6.45, 7) is 3.56. The fourth-order valence-electron chi connectivity index (χ4n) is 0.537. The number of aliphatic hydroxyl groups excluding tert-OH is 2. The normalized spacial score (nSPS) is 13.7. The van der Waals surface area contributed by atoms with Crippen LogP contribution in [0.25, 0.3) is 0 Å². The molecule has 0 unspecified atom stereocenters. The Morgan fingerprint density at radius 1 is 1.56 bits per heavy atom. The Balaban J connectivity index is 2.88. The quantitative estimate of drug-likeness (QED) is 0.436. The molecule has 0 aromatic heterocycles. The fraction of sp³-hybridized carbons (Fsp3) is 1.00. The molecule has 0 spiro atoms. The zero-order valence-corrected chi connectivity index (χ0v) is 5.80. The molecule has 0 fully saturated rings. The third kappa shape index (κ3) is 5.76. The molecule has 0 radical (unpaired) electrons. The molecule has 0 aromatic rings. The predicted molar refractivity (Wildman–Crippen MR) is 36.3 cm³/mol. The Kier molecular flexibility index (Phi) is 5.93. The van der Waals surface area contributed by atoms with E-state index < -0.39 is 6.10 Å². The summed E-state index contributed by atoms with van der Waals surface area (Å²) >= 11 is 0. The average molecular weight is 133 g/mol. The molecular weight excluding hydrogens is 118 g/mol. The average Bonchev–Trinajstić information content (AvgIpc) is 1.89. The maximum Gasteiger partial charge on any atom is 0.0783 e. The van der Waals surface area contributed by atoms with Crippen molar-refractivity contribution in [2.45, 2.75) is 19.4 Å². The first kappa shape index (κ1) is 8.88. The van der Waals surface area contributed by atoms with E-state index in [0.29, 0.717) is 6.42 Å². The molecule has 3 nitrogen and oxygen atoms in total. The van der Waals surface area contributed by atoms with Gasteiger partial charge in [0.05, 0.1) is 12.7 Å². The first-order valence-electron chi connectivity index (χ1n) is 3.31. The molecule has 0 aliphatic rings. The van der Waals surface area contributed by atoms with Gasteiger partial charge in [0.1, 0.15) is 0 Å². The lowest BCUT2D eigenvalue weighted by atomic mass is 10.3. The van der Waals surface area contributed by atoms with Gasteiger partial charge in [0.15, 0.2) is 0 Å². The monoisotopic (exact) mass is 133 g/mol. The summed E-state index contributed by atoms with van der Waals surface area (Å²) < 4.78 is 0. The second-order valence-corrected chi connectivity index (χ2v) is 1.98. The fourth-order valence-corrected chi connectivity index (χ4v) is 0.537. The number of aliphatic hydroxyl groups is 2. The van der Waals surface area contributed by atoms with Crippen LogP contribution in [0.4, 0.5) is 0 Å². The van der Waals surface area contributed by atoms with E-state index in [1.807, 2.05) is 6.92 Å². The van der Waals surface area contributed by atoms with Crippen LogP contribution >= 0.6 is 0 Å². The van der Waals surface area contributed by atoms with E-state index in [4.69, 9.17) is 10.2 Å². The lowest BCUT2D eigenvalue weighted by molar-refractivity contribution is 0.0885. The van der Waals surface area contributed by atoms with Gasteiger partial charge in [0.25, 0.3) is 0 Å². The van der Waals surface area contributed by atoms with Gasteiger partial charge in [-0.15, -0.1) is 0 Å². The van der Waals surface area contributed by atoms with Crippen LogP contribution < -0.4 is 5.32 Å². The van der Waals surface area contributed by atoms with Crippen LogP contribution in [0, 0.1) is 0 Å². The molecule has 9 heavy (non-hydrogen) atoms. The van der Waals surface area contributed by atoms with E-state index in [1.165, 1.54) is 0 Å². The second-order valence-electron chi connectivity index (χ2n) is 1.98. The highest BCUT2D eigenvalue weighted by molar-refractivity contribution is 4.53. The van der Waals surface area contributed by atoms with Gasteiger partial charge in [0, 0.05) is 0 Å². The largest absolute Gasteiger partial charge is 0.394 e. The van der Waals surface area contributed by atoms with Crippen molar-refractivity contribution in [1.82, 2.24) is 5.32 Å². The third-order valence-corrected chi connectivity index (χ3v) is 1.12. The zero-order chi connectivity index (χ0) is 7.11. The summed E-state index contributed by atoms with van der Waals surface area (Å²) in [5.74, 6) is 0. The number of hydrogen-bond donors (Lipinski definition) is 3. The number of rotatable bonds is 5. The molecule has 0 bridgehead atoms. The predicted octanol–water partition coefficient (Wildman–Crippen LogP) is -0.661. The minimum absolute atomic E-state index is 0.134. The van der Waals surface area contributed by atoms with Crippen molar-refractivity contribution in [3.05, 3.63) is 0 Å². The Morgan fingerprint density at radius 2 is 2.22 bits per heavy atom. The Labute approximate surface area is 55.7 Å². The molecule has 0 aromatic carbocycles. The zero-order valence-electron chi connectivity index (χ0n) is 5.80. The molecule has 0 saturated heterocycles. The van der Waals surface area contributed by atoms with Gasteiger partial charge < -0.3 is 15.5 Å². The maximum atomic E-state index is 8.79. The minimum Gasteiger partial charge on any atom is -0.394 e. The minimum atomic E-state index is -0.552. The third-order valence-electron chi connectivity index (χ3n) is 1.12. The molecular formula is C6H15NO2. The molecule has 1 atom stereocenters. The Bertz CT molecular complexity index is 59.0. The summed E-state index contributed by atoms with van der Waals surface area (Å²) in [5, 5.41) is 20.2. The van der Waals surface area contributed by atoms with Gasteiger partial charge in [-0.05, 0) is 19.5 Å². The van der Waals surface area contributed by atoms with Gasteiger partial charge in [-0.1, -0.05) is 6.92 Å². The number of hydrogen-bond acceptors (Lipinski definition) is 3. The van der Waals surface area contributed by atoms with Crippen molar-refractivity contribution >= 4 is 0 Å². The van der Waals surface area contributed by atoms with Crippen LogP contribution in [-0.2, 0) is 0 Å². The van der Waals surface area contributed by atoms with E-state index >= 15 is 0 Å². The van der Waals surface area contributed by atoms with Crippen molar-refractivity contribution in [2.24, 2.45) is 0 Å². The topological polar surface area (TPSA) is 52.5 Å². The highest BCUT2D eigenvalue weighted by Gasteiger charge is 1.98. The van der Waals surface area contributed by atoms with Crippen LogP contribution in [0.3, 0.4) is 0 Å². The molecule has 0 rings (SSSR count). The van der Waals surface area contributed by atoms with E-state index in [1.54, 1.807) is 0 Å². The van der Waals surface area contributed by atoms with E-state index in [9.17, 15) is 0 Å². The van der Waals surface area contributed by atoms with Crippen LogP contribution in [0.15, 0.2) is 0 Å². The van der Waals surface area contributed by atoms with Crippen molar-refractivity contribution in [3.8, 4) is 0 Å². The highest BCUT2D eigenvalue weighted by Crippen LogP contribution is 1.85. The lowest BCUT2D eigenvalue weighted by Crippen LogP contribution is -2.22. The SMILES string of the molecule is CCNCC[C@H](O)CO. The molecule has 3 N–H and O–H groups in total. The van der Waals surface area contributed by atoms with Gasteiger partial charge in [-0.3, -0.25) is 0 Å². The van der Waals surface area contributed by atoms with E-state index in [-0.39, 0.29) is 6.61 Å². The van der Waals surface area contributed by atoms with Crippen molar-refractivity contribution in [3.63, 3.8) is 0 Å². The van der Waals surface area contributed by atoms with E-state index in [0.717, 1.165) is 13.1 Å². The first-order valence-corrected chi connectivity index (χ1v) is 3.31. The maximum absolute atomic E-state index is 8.79. The molecule has 3 heteroatoms. The summed E-state index contributed by atoms with van der Waals surface area (Å²) in [4.78, 5) is 0. The standard InChI is InChI=1S/C6H15NO2/c1-2-7-4-3-6(9)5-8/h6-9H,2-5H2,1H3/t6-/m0/s1. The molecule has 0 heterocycles. The summed E-state index contributed by atoms with van der Waals surface area (Å²) in [7, 11) is 0. The van der Waals surface area contributed by atoms with Gasteiger partial charge in [0.2, 0.25) is 0 Å². The van der Waals surface area contributed by atoms with Crippen molar-refractivity contribution in [2.75, 3.05) is 19.7 Å². The number of nitrogens with one attached hydrogen (secondary N) is 1. The Morgan fingerprint density at radius 3 is 2.67 bits per heavy atom. The highest BCUT2D eigenvalue weighted by atomic mass is 16.3. The molecule has 56 valence electrons. The van der Waals surface area contributed by atoms with Gasteiger partial charge in [-0.25, -0.2) is 0 Å². The van der Waals surface area contributed by atoms with Crippen LogP contribution in [0.1, 0.15) is 13.3 Å². The van der Waals surface area contributed by atoms with Crippen LogP contribution in [0.5, 0.6) is 0 Å². The summed E-state index contributed by atoms with van der Waals surface area (Å²) in [5.41, 5.74) is 0. The smallest absolute Gasteiger partial charge is 0.0783 e. The lowest BCUT2D eigenvalue weighted by Gasteiger charge is -2.05. The Hall–Kier alpha value is -0.120. The molecule has 0 aliphatic carbocycles. The molecule has 0 saturated carbocycles. The van der Waals surface area contributed by atoms with Crippen LogP contribution in [-0.4, -0.2) is 36.0 Å². The summed E-state index contributed by atoms with van der Waals surface area (Å²) in [6.07, 6.45) is 0.0775. The summed E-state index contributed by atoms with van der Waals surface area (Å²) in [6, 6.07) is 0. The second kappa shape index (κ2) is 6.01. The van der Waals surface area contributed by atoms with Crippen molar-refractivity contribution < 1.29 is 10.2 Å². The molecule has 0 aliphatic heterocycles. The first-order chi connectivity index (χ1) is 4.31. The van der Waals surface area contributed by atoms with Gasteiger partial charge >= 0.3 is 0 Å². The molecule has 0 amide bonds. The van der Waals surface area contributed by atoms with E-state index in [2.05, 4.69) is 5.32 Å². The van der Waals surface area contributed by atoms with Crippen LogP contribution in [0.2, 0.25) is 0 Å².